The summed E-state index contributed by atoms with van der Waals surface area (Å²) in [5.41, 5.74) is -0.693. The average Bonchev–Trinajstić information content (AvgIpc) is 2.73. The van der Waals surface area contributed by atoms with Crippen molar-refractivity contribution in [3.63, 3.8) is 0 Å². The first-order valence-corrected chi connectivity index (χ1v) is 6.03. The lowest BCUT2D eigenvalue weighted by Crippen LogP contribution is -2.35. The molecule has 0 unspecified atom stereocenters. The Balaban J connectivity index is 2.21. The Hall–Kier alpha value is -1.74. The molecule has 0 aromatic carbocycles. The molecular weight excluding hydrogens is 268 g/mol. The number of hydrogen-bond donors (Lipinski definition) is 3. The van der Waals surface area contributed by atoms with Crippen LogP contribution in [0.5, 0.6) is 5.88 Å². The minimum atomic E-state index is -1.33. The van der Waals surface area contributed by atoms with E-state index >= 15 is 0 Å². The Morgan fingerprint density at radius 1 is 1.50 bits per heavy atom. The highest BCUT2D eigenvalue weighted by Crippen LogP contribution is 2.28. The van der Waals surface area contributed by atoms with Crippen molar-refractivity contribution in [1.29, 1.82) is 0 Å². The molecule has 3 N–H and O–H groups in total. The number of aliphatic hydroxyl groups is 3. The van der Waals surface area contributed by atoms with Gasteiger partial charge in [0.05, 0.1) is 6.61 Å². The first-order chi connectivity index (χ1) is 9.58. The molecule has 0 bridgehead atoms. The molecule has 1 aliphatic rings. The van der Waals surface area contributed by atoms with Gasteiger partial charge in [0.2, 0.25) is 5.88 Å². The van der Waals surface area contributed by atoms with Gasteiger partial charge >= 0.3 is 5.69 Å². The predicted octanol–water partition coefficient (Wildman–Crippen LogP) is -1.58. The topological polar surface area (TPSA) is 114 Å². The zero-order valence-corrected chi connectivity index (χ0v) is 10.6. The van der Waals surface area contributed by atoms with Crippen LogP contribution in [0.4, 0.5) is 0 Å². The number of hydrogen-bond acceptors (Lipinski definition) is 7. The zero-order chi connectivity index (χ0) is 14.7. The van der Waals surface area contributed by atoms with Gasteiger partial charge in [-0.2, -0.15) is 4.98 Å². The predicted molar refractivity (Wildman–Crippen MR) is 67.2 cm³/mol. The van der Waals surface area contributed by atoms with Gasteiger partial charge in [-0.25, -0.2) is 4.79 Å². The third-order valence-electron chi connectivity index (χ3n) is 2.94. The number of aromatic nitrogens is 2. The molecule has 8 heteroatoms. The van der Waals surface area contributed by atoms with Crippen molar-refractivity contribution in [3.05, 3.63) is 35.4 Å². The van der Waals surface area contributed by atoms with Crippen LogP contribution in [0.2, 0.25) is 0 Å². The maximum absolute atomic E-state index is 11.8. The molecule has 2 heterocycles. The van der Waals surface area contributed by atoms with Crippen LogP contribution in [0.15, 0.2) is 29.7 Å². The fourth-order valence-corrected chi connectivity index (χ4v) is 1.93. The molecule has 1 aliphatic heterocycles. The summed E-state index contributed by atoms with van der Waals surface area (Å²) in [6, 6.07) is 1.43. The Labute approximate surface area is 114 Å². The van der Waals surface area contributed by atoms with E-state index in [1.54, 1.807) is 0 Å². The molecule has 0 radical (unpaired) electrons. The molecular formula is C12H16N2O6. The first kappa shape index (κ1) is 14.7. The van der Waals surface area contributed by atoms with Crippen molar-refractivity contribution < 1.29 is 24.8 Å². The standard InChI is InChI=1S/C12H16N2O6/c1-2-5-19-8-3-4-14(12(18)13-8)11-10(17)9(16)7(6-15)20-11/h2-4,7,9-11,15-17H,1,5-6H2/t7-,9-,10-,11-/m1/s1. The molecule has 1 aromatic rings. The van der Waals surface area contributed by atoms with Gasteiger partial charge in [0, 0.05) is 12.3 Å². The highest BCUT2D eigenvalue weighted by molar-refractivity contribution is 5.07. The van der Waals surface area contributed by atoms with Gasteiger partial charge in [-0.15, -0.1) is 0 Å². The van der Waals surface area contributed by atoms with Gasteiger partial charge in [0.1, 0.15) is 24.9 Å². The summed E-state index contributed by atoms with van der Waals surface area (Å²) in [6.07, 6.45) is -1.79. The molecule has 4 atom stereocenters. The third kappa shape index (κ3) is 2.73. The summed E-state index contributed by atoms with van der Waals surface area (Å²) >= 11 is 0. The fourth-order valence-electron chi connectivity index (χ4n) is 1.93. The van der Waals surface area contributed by atoms with Crippen LogP contribution in [0.3, 0.4) is 0 Å². The largest absolute Gasteiger partial charge is 0.473 e. The lowest BCUT2D eigenvalue weighted by Gasteiger charge is -2.17. The third-order valence-corrected chi connectivity index (χ3v) is 2.94. The van der Waals surface area contributed by atoms with Crippen LogP contribution in [-0.4, -0.2) is 56.4 Å². The molecule has 8 nitrogen and oxygen atoms in total. The molecule has 1 aromatic heterocycles. The van der Waals surface area contributed by atoms with Crippen molar-refractivity contribution in [1.82, 2.24) is 9.55 Å². The molecule has 1 fully saturated rings. The average molecular weight is 284 g/mol. The van der Waals surface area contributed by atoms with Crippen LogP contribution < -0.4 is 10.4 Å². The van der Waals surface area contributed by atoms with Crippen LogP contribution in [-0.2, 0) is 4.74 Å². The Morgan fingerprint density at radius 2 is 2.25 bits per heavy atom. The van der Waals surface area contributed by atoms with Gasteiger partial charge < -0.3 is 24.8 Å². The highest BCUT2D eigenvalue weighted by Gasteiger charge is 2.43. The number of ether oxygens (including phenoxy) is 2. The van der Waals surface area contributed by atoms with E-state index < -0.39 is 36.8 Å². The molecule has 0 saturated carbocycles. The van der Waals surface area contributed by atoms with Crippen LogP contribution in [0.25, 0.3) is 0 Å². The quantitative estimate of drug-likeness (QED) is 0.559. The van der Waals surface area contributed by atoms with Gasteiger partial charge in [0.15, 0.2) is 6.23 Å². The van der Waals surface area contributed by atoms with Crippen LogP contribution >= 0.6 is 0 Å². The first-order valence-electron chi connectivity index (χ1n) is 6.03. The van der Waals surface area contributed by atoms with E-state index in [2.05, 4.69) is 11.6 Å². The SMILES string of the molecule is C=CCOc1ccn([C@@H]2O[C@H](CO)[C@@H](O)[C@H]2O)c(=O)n1. The Bertz CT molecular complexity index is 531. The second-order valence-electron chi connectivity index (χ2n) is 4.28. The summed E-state index contributed by atoms with van der Waals surface area (Å²) in [5, 5.41) is 28.5. The van der Waals surface area contributed by atoms with E-state index in [4.69, 9.17) is 14.6 Å². The van der Waals surface area contributed by atoms with E-state index in [9.17, 15) is 15.0 Å². The van der Waals surface area contributed by atoms with Crippen molar-refractivity contribution in [2.45, 2.75) is 24.5 Å². The summed E-state index contributed by atoms with van der Waals surface area (Å²) < 4.78 is 11.4. The van der Waals surface area contributed by atoms with Crippen molar-refractivity contribution in [2.24, 2.45) is 0 Å². The molecule has 1 saturated heterocycles. The van der Waals surface area contributed by atoms with E-state index in [0.717, 1.165) is 4.57 Å². The molecule has 20 heavy (non-hydrogen) atoms. The number of nitrogens with zero attached hydrogens (tertiary/aromatic N) is 2. The fraction of sp³-hybridized carbons (Fsp3) is 0.500. The van der Waals surface area contributed by atoms with Gasteiger partial charge in [-0.05, 0) is 0 Å². The maximum atomic E-state index is 11.8. The smallest absolute Gasteiger partial charge is 0.353 e. The van der Waals surface area contributed by atoms with Gasteiger partial charge in [-0.1, -0.05) is 12.7 Å². The highest BCUT2D eigenvalue weighted by atomic mass is 16.6. The summed E-state index contributed by atoms with van der Waals surface area (Å²) in [6.45, 7) is 3.23. The van der Waals surface area contributed by atoms with Crippen molar-refractivity contribution >= 4 is 0 Å². The lowest BCUT2D eigenvalue weighted by molar-refractivity contribution is -0.0550. The Kier molecular flexibility index (Phi) is 4.50. The normalized spacial score (nSPS) is 29.4. The number of rotatable bonds is 5. The van der Waals surface area contributed by atoms with Crippen LogP contribution in [0.1, 0.15) is 6.23 Å². The lowest BCUT2D eigenvalue weighted by atomic mass is 10.1. The van der Waals surface area contributed by atoms with Crippen molar-refractivity contribution in [2.75, 3.05) is 13.2 Å². The minimum absolute atomic E-state index is 0.123. The van der Waals surface area contributed by atoms with E-state index in [-0.39, 0.29) is 12.5 Å². The van der Waals surface area contributed by atoms with Gasteiger partial charge in [-0.3, -0.25) is 4.57 Å². The molecule has 0 spiro atoms. The van der Waals surface area contributed by atoms with E-state index in [1.165, 1.54) is 18.3 Å². The zero-order valence-electron chi connectivity index (χ0n) is 10.6. The minimum Gasteiger partial charge on any atom is -0.473 e. The molecule has 2 rings (SSSR count). The maximum Gasteiger partial charge on any atom is 0.353 e. The van der Waals surface area contributed by atoms with E-state index in [1.807, 2.05) is 0 Å². The van der Waals surface area contributed by atoms with Crippen molar-refractivity contribution in [3.8, 4) is 5.88 Å². The second-order valence-corrected chi connectivity index (χ2v) is 4.28. The van der Waals surface area contributed by atoms with E-state index in [0.29, 0.717) is 0 Å². The molecule has 0 aliphatic carbocycles. The summed E-state index contributed by atoms with van der Waals surface area (Å²) in [5.74, 6) is 0.123. The summed E-state index contributed by atoms with van der Waals surface area (Å²) in [7, 11) is 0. The summed E-state index contributed by atoms with van der Waals surface area (Å²) in [4.78, 5) is 15.5. The molecule has 110 valence electrons. The Morgan fingerprint density at radius 3 is 2.80 bits per heavy atom. The number of aliphatic hydroxyl groups excluding tert-OH is 3. The molecule has 0 amide bonds. The second kappa shape index (κ2) is 6.14. The monoisotopic (exact) mass is 284 g/mol. The van der Waals surface area contributed by atoms with Crippen LogP contribution in [0, 0.1) is 0 Å². The van der Waals surface area contributed by atoms with Gasteiger partial charge in [0.25, 0.3) is 0 Å².